The van der Waals surface area contributed by atoms with Gasteiger partial charge in [0.05, 0.1) is 0 Å². The Balaban J connectivity index is 2.33. The number of rotatable bonds is 5. The van der Waals surface area contributed by atoms with Crippen LogP contribution in [0.1, 0.15) is 60.3 Å². The molecule has 114 valence electrons. The molecule has 2 aliphatic rings. The van der Waals surface area contributed by atoms with E-state index in [4.69, 9.17) is 0 Å². The number of nitrogens with zero attached hydrogens (tertiary/aromatic N) is 1. The van der Waals surface area contributed by atoms with E-state index >= 15 is 0 Å². The fraction of sp³-hybridized carbons (Fsp3) is 0.875. The van der Waals surface area contributed by atoms with E-state index < -0.39 is 0 Å². The highest BCUT2D eigenvalue weighted by atomic mass is 16.2. The van der Waals surface area contributed by atoms with Crippen LogP contribution in [0.25, 0.3) is 0 Å². The minimum atomic E-state index is -0.333. The van der Waals surface area contributed by atoms with Gasteiger partial charge in [0, 0.05) is 5.54 Å². The van der Waals surface area contributed by atoms with Crippen LogP contribution in [0.15, 0.2) is 0 Å². The fourth-order valence-corrected chi connectivity index (χ4v) is 3.46. The second-order valence-electron chi connectivity index (χ2n) is 7.17. The average molecular weight is 280 g/mol. The lowest BCUT2D eigenvalue weighted by Crippen LogP contribution is -2.70. The quantitative estimate of drug-likeness (QED) is 0.840. The number of piperazine rings is 1. The summed E-state index contributed by atoms with van der Waals surface area (Å²) in [6.07, 6.45) is 3.97. The molecule has 20 heavy (non-hydrogen) atoms. The Labute approximate surface area is 122 Å². The third-order valence-electron chi connectivity index (χ3n) is 4.80. The lowest BCUT2D eigenvalue weighted by atomic mass is 9.86. The predicted octanol–water partition coefficient (Wildman–Crippen LogP) is 2.33. The van der Waals surface area contributed by atoms with E-state index in [0.29, 0.717) is 5.92 Å². The first-order chi connectivity index (χ1) is 9.30. The topological polar surface area (TPSA) is 49.4 Å². The van der Waals surface area contributed by atoms with Crippen molar-refractivity contribution in [1.29, 1.82) is 0 Å². The van der Waals surface area contributed by atoms with Gasteiger partial charge in [-0.2, -0.15) is 0 Å². The van der Waals surface area contributed by atoms with Crippen LogP contribution in [0.2, 0.25) is 0 Å². The maximum atomic E-state index is 12.9. The standard InChI is InChI=1S/C16H28N2O2/c1-6-7-12-15(20)18(16(4,5)11-8-9-11)13(10(2)3)14(19)17-12/h10-13H,6-9H2,1-5H3,(H,17,19). The molecule has 1 N–H and O–H groups in total. The molecule has 0 spiro atoms. The first kappa shape index (κ1) is 15.3. The van der Waals surface area contributed by atoms with Crippen LogP contribution in [-0.2, 0) is 9.59 Å². The summed E-state index contributed by atoms with van der Waals surface area (Å²) in [7, 11) is 0. The van der Waals surface area contributed by atoms with Crippen molar-refractivity contribution in [2.24, 2.45) is 11.8 Å². The second-order valence-corrected chi connectivity index (χ2v) is 7.17. The highest BCUT2D eigenvalue weighted by Crippen LogP contribution is 2.45. The van der Waals surface area contributed by atoms with E-state index in [2.05, 4.69) is 19.2 Å². The largest absolute Gasteiger partial charge is 0.342 e. The van der Waals surface area contributed by atoms with Crippen LogP contribution in [-0.4, -0.2) is 34.3 Å². The van der Waals surface area contributed by atoms with Gasteiger partial charge in [-0.25, -0.2) is 0 Å². The monoisotopic (exact) mass is 280 g/mol. The van der Waals surface area contributed by atoms with Gasteiger partial charge < -0.3 is 10.2 Å². The molecule has 1 saturated carbocycles. The Morgan fingerprint density at radius 2 is 1.90 bits per heavy atom. The Morgan fingerprint density at radius 3 is 2.35 bits per heavy atom. The molecule has 2 rings (SSSR count). The molecule has 2 unspecified atom stereocenters. The summed E-state index contributed by atoms with van der Waals surface area (Å²) in [5, 5.41) is 2.93. The molecule has 4 heteroatoms. The highest BCUT2D eigenvalue weighted by molar-refractivity contribution is 5.97. The smallest absolute Gasteiger partial charge is 0.246 e. The summed E-state index contributed by atoms with van der Waals surface area (Å²) in [5.41, 5.74) is -0.213. The first-order valence-electron chi connectivity index (χ1n) is 7.94. The zero-order valence-electron chi connectivity index (χ0n) is 13.4. The summed E-state index contributed by atoms with van der Waals surface area (Å²) in [6.45, 7) is 10.3. The number of carbonyl (C=O) groups is 2. The van der Waals surface area contributed by atoms with Crippen molar-refractivity contribution in [3.63, 3.8) is 0 Å². The van der Waals surface area contributed by atoms with Gasteiger partial charge in [-0.3, -0.25) is 9.59 Å². The Morgan fingerprint density at radius 1 is 1.30 bits per heavy atom. The lowest BCUT2D eigenvalue weighted by Gasteiger charge is -2.49. The number of nitrogens with one attached hydrogen (secondary N) is 1. The lowest BCUT2D eigenvalue weighted by molar-refractivity contribution is -0.159. The molecule has 1 heterocycles. The number of amides is 2. The van der Waals surface area contributed by atoms with E-state index in [-0.39, 0.29) is 35.4 Å². The molecular formula is C16H28N2O2. The Kier molecular flexibility index (Phi) is 4.12. The molecule has 0 aromatic carbocycles. The van der Waals surface area contributed by atoms with E-state index in [1.54, 1.807) is 0 Å². The normalized spacial score (nSPS) is 28.0. The van der Waals surface area contributed by atoms with Crippen molar-refractivity contribution >= 4 is 11.8 Å². The van der Waals surface area contributed by atoms with Gasteiger partial charge in [-0.15, -0.1) is 0 Å². The predicted molar refractivity (Wildman–Crippen MR) is 79.1 cm³/mol. The molecule has 0 radical (unpaired) electrons. The van der Waals surface area contributed by atoms with E-state index in [9.17, 15) is 9.59 Å². The zero-order chi connectivity index (χ0) is 15.1. The molecule has 0 aromatic heterocycles. The van der Waals surface area contributed by atoms with Crippen LogP contribution in [0.5, 0.6) is 0 Å². The molecule has 2 amide bonds. The first-order valence-corrected chi connectivity index (χ1v) is 7.94. The van der Waals surface area contributed by atoms with Crippen LogP contribution < -0.4 is 5.32 Å². The Hall–Kier alpha value is -1.06. The van der Waals surface area contributed by atoms with Crippen LogP contribution >= 0.6 is 0 Å². The summed E-state index contributed by atoms with van der Waals surface area (Å²) >= 11 is 0. The third-order valence-corrected chi connectivity index (χ3v) is 4.80. The van der Waals surface area contributed by atoms with Crippen molar-refractivity contribution in [2.45, 2.75) is 77.9 Å². The van der Waals surface area contributed by atoms with Gasteiger partial charge in [0.15, 0.2) is 0 Å². The van der Waals surface area contributed by atoms with E-state index in [0.717, 1.165) is 12.8 Å². The van der Waals surface area contributed by atoms with Crippen LogP contribution in [0.3, 0.4) is 0 Å². The number of hydrogen-bond donors (Lipinski definition) is 1. The number of carbonyl (C=O) groups excluding carboxylic acids is 2. The highest BCUT2D eigenvalue weighted by Gasteiger charge is 2.52. The van der Waals surface area contributed by atoms with E-state index in [1.807, 2.05) is 25.7 Å². The van der Waals surface area contributed by atoms with Gasteiger partial charge in [-0.1, -0.05) is 27.2 Å². The van der Waals surface area contributed by atoms with Gasteiger partial charge in [0.25, 0.3) is 0 Å². The molecule has 1 aliphatic carbocycles. The van der Waals surface area contributed by atoms with Crippen molar-refractivity contribution in [2.75, 3.05) is 0 Å². The minimum Gasteiger partial charge on any atom is -0.342 e. The summed E-state index contributed by atoms with van der Waals surface area (Å²) in [5.74, 6) is 0.814. The maximum absolute atomic E-state index is 12.9. The van der Waals surface area contributed by atoms with Crippen LogP contribution in [0, 0.1) is 11.8 Å². The van der Waals surface area contributed by atoms with Crippen LogP contribution in [0.4, 0.5) is 0 Å². The van der Waals surface area contributed by atoms with Gasteiger partial charge >= 0.3 is 0 Å². The molecule has 0 aromatic rings. The molecule has 1 aliphatic heterocycles. The van der Waals surface area contributed by atoms with Crippen molar-refractivity contribution in [1.82, 2.24) is 10.2 Å². The SMILES string of the molecule is CCCC1NC(=O)C(C(C)C)N(C(C)(C)C2CC2)C1=O. The minimum absolute atomic E-state index is 0.0202. The van der Waals surface area contributed by atoms with Crippen molar-refractivity contribution in [3.8, 4) is 0 Å². The van der Waals surface area contributed by atoms with Crippen molar-refractivity contribution < 1.29 is 9.59 Å². The molecular weight excluding hydrogens is 252 g/mol. The van der Waals surface area contributed by atoms with E-state index in [1.165, 1.54) is 12.8 Å². The average Bonchev–Trinajstić information content (AvgIpc) is 3.16. The number of hydrogen-bond acceptors (Lipinski definition) is 2. The third kappa shape index (κ3) is 2.57. The second kappa shape index (κ2) is 5.38. The molecule has 2 atom stereocenters. The Bertz CT molecular complexity index is 399. The van der Waals surface area contributed by atoms with Crippen molar-refractivity contribution in [3.05, 3.63) is 0 Å². The van der Waals surface area contributed by atoms with Gasteiger partial charge in [-0.05, 0) is 44.9 Å². The molecule has 4 nitrogen and oxygen atoms in total. The molecule has 1 saturated heterocycles. The summed E-state index contributed by atoms with van der Waals surface area (Å²) in [6, 6.07) is -0.660. The van der Waals surface area contributed by atoms with Gasteiger partial charge in [0.1, 0.15) is 12.1 Å². The zero-order valence-corrected chi connectivity index (χ0v) is 13.4. The molecule has 0 bridgehead atoms. The summed E-state index contributed by atoms with van der Waals surface area (Å²) in [4.78, 5) is 27.2. The fourth-order valence-electron chi connectivity index (χ4n) is 3.46. The molecule has 2 fully saturated rings. The van der Waals surface area contributed by atoms with Gasteiger partial charge in [0.2, 0.25) is 11.8 Å². The maximum Gasteiger partial charge on any atom is 0.246 e. The summed E-state index contributed by atoms with van der Waals surface area (Å²) < 4.78 is 0.